The van der Waals surface area contributed by atoms with E-state index in [-0.39, 0.29) is 16.5 Å². The number of hydrogen-bond acceptors (Lipinski definition) is 5. The van der Waals surface area contributed by atoms with Gasteiger partial charge >= 0.3 is 0 Å². The Morgan fingerprint density at radius 3 is 2.32 bits per heavy atom. The number of amides is 1. The van der Waals surface area contributed by atoms with Crippen LogP contribution in [0, 0.1) is 23.2 Å². The maximum Gasteiger partial charge on any atom is 0.257 e. The second-order valence-electron chi connectivity index (χ2n) is 7.29. The normalized spacial score (nSPS) is 20.3. The number of benzene rings is 1. The molecule has 7 nitrogen and oxygen atoms in total. The number of nitriles is 1. The fraction of sp³-hybridized carbons (Fsp3) is 0.350. The van der Waals surface area contributed by atoms with Crippen molar-refractivity contribution < 1.29 is 13.2 Å². The molecule has 0 aliphatic carbocycles. The number of carbonyl (C=O) groups is 1. The lowest BCUT2D eigenvalue weighted by molar-refractivity contribution is 0.102. The molecule has 3 rings (SSSR count). The van der Waals surface area contributed by atoms with Crippen molar-refractivity contribution in [3.05, 3.63) is 53.9 Å². The summed E-state index contributed by atoms with van der Waals surface area (Å²) in [5.74, 6) is 0.280. The van der Waals surface area contributed by atoms with E-state index in [9.17, 15) is 13.2 Å². The second-order valence-corrected chi connectivity index (χ2v) is 9.23. The lowest BCUT2D eigenvalue weighted by Gasteiger charge is -2.34. The molecule has 1 aliphatic heterocycles. The van der Waals surface area contributed by atoms with E-state index in [0.29, 0.717) is 36.2 Å². The first kappa shape index (κ1) is 20.0. The van der Waals surface area contributed by atoms with Gasteiger partial charge < -0.3 is 5.32 Å². The zero-order valence-electron chi connectivity index (χ0n) is 15.8. The molecular weight excluding hydrogens is 376 g/mol. The maximum atomic E-state index is 12.9. The highest BCUT2D eigenvalue weighted by atomic mass is 32.2. The van der Waals surface area contributed by atoms with E-state index in [1.807, 2.05) is 6.07 Å². The number of nitrogens with zero attached hydrogens (tertiary/aromatic N) is 3. The monoisotopic (exact) mass is 398 g/mol. The number of pyridine rings is 1. The number of hydrogen-bond donors (Lipinski definition) is 1. The van der Waals surface area contributed by atoms with Crippen molar-refractivity contribution in [3.63, 3.8) is 0 Å². The fourth-order valence-electron chi connectivity index (χ4n) is 3.46. The van der Waals surface area contributed by atoms with Crippen LogP contribution in [0.3, 0.4) is 0 Å². The Kier molecular flexibility index (Phi) is 5.77. The summed E-state index contributed by atoms with van der Waals surface area (Å²) in [7, 11) is -3.55. The van der Waals surface area contributed by atoms with Crippen LogP contribution in [0.25, 0.3) is 0 Å². The van der Waals surface area contributed by atoms with Gasteiger partial charge in [-0.3, -0.25) is 4.79 Å². The molecule has 2 heterocycles. The highest BCUT2D eigenvalue weighted by Crippen LogP contribution is 2.27. The van der Waals surface area contributed by atoms with Crippen LogP contribution in [-0.2, 0) is 10.0 Å². The van der Waals surface area contributed by atoms with E-state index in [4.69, 9.17) is 5.26 Å². The highest BCUT2D eigenvalue weighted by Gasteiger charge is 2.31. The number of aromatic nitrogens is 1. The summed E-state index contributed by atoms with van der Waals surface area (Å²) in [5, 5.41) is 11.4. The molecule has 0 saturated carbocycles. The van der Waals surface area contributed by atoms with E-state index < -0.39 is 10.0 Å². The molecule has 2 unspecified atom stereocenters. The van der Waals surface area contributed by atoms with Crippen LogP contribution >= 0.6 is 0 Å². The molecule has 1 aliphatic rings. The van der Waals surface area contributed by atoms with Crippen molar-refractivity contribution in [2.75, 3.05) is 18.4 Å². The minimum atomic E-state index is -3.55. The molecule has 1 aromatic heterocycles. The third-order valence-corrected chi connectivity index (χ3v) is 6.57. The van der Waals surface area contributed by atoms with Crippen LogP contribution in [-0.4, -0.2) is 36.7 Å². The largest absolute Gasteiger partial charge is 0.322 e. The van der Waals surface area contributed by atoms with Gasteiger partial charge in [0.15, 0.2) is 0 Å². The minimum absolute atomic E-state index is 0.215. The van der Waals surface area contributed by atoms with E-state index in [1.165, 1.54) is 30.5 Å². The molecule has 146 valence electrons. The van der Waals surface area contributed by atoms with E-state index >= 15 is 0 Å². The summed E-state index contributed by atoms with van der Waals surface area (Å²) in [6.45, 7) is 5.18. The van der Waals surface area contributed by atoms with Gasteiger partial charge in [-0.05, 0) is 54.7 Å². The van der Waals surface area contributed by atoms with E-state index in [1.54, 1.807) is 16.4 Å². The predicted molar refractivity (Wildman–Crippen MR) is 105 cm³/mol. The van der Waals surface area contributed by atoms with Crippen LogP contribution in [0.5, 0.6) is 0 Å². The fourth-order valence-corrected chi connectivity index (χ4v) is 5.14. The number of sulfonamides is 1. The summed E-state index contributed by atoms with van der Waals surface area (Å²) in [5.41, 5.74) is 1.02. The van der Waals surface area contributed by atoms with Gasteiger partial charge in [0.25, 0.3) is 5.91 Å². The summed E-state index contributed by atoms with van der Waals surface area (Å²) < 4.78 is 27.3. The molecular formula is C20H22N4O3S. The average molecular weight is 398 g/mol. The number of carbonyl (C=O) groups excluding carboxylic acids is 1. The zero-order chi connectivity index (χ0) is 20.3. The number of rotatable bonds is 4. The maximum absolute atomic E-state index is 12.9. The molecule has 1 N–H and O–H groups in total. The van der Waals surface area contributed by atoms with Crippen LogP contribution in [0.15, 0.2) is 47.5 Å². The number of piperidine rings is 1. The van der Waals surface area contributed by atoms with Gasteiger partial charge in [-0.25, -0.2) is 13.4 Å². The van der Waals surface area contributed by atoms with Gasteiger partial charge in [0.2, 0.25) is 10.0 Å². The first-order valence-corrected chi connectivity index (χ1v) is 10.5. The molecule has 2 aromatic rings. The van der Waals surface area contributed by atoms with Gasteiger partial charge in [-0.15, -0.1) is 0 Å². The Morgan fingerprint density at radius 2 is 1.79 bits per heavy atom. The van der Waals surface area contributed by atoms with Crippen LogP contribution < -0.4 is 5.32 Å². The third kappa shape index (κ3) is 4.38. The predicted octanol–water partition coefficient (Wildman–Crippen LogP) is 2.87. The lowest BCUT2D eigenvalue weighted by atomic mass is 9.94. The molecule has 28 heavy (non-hydrogen) atoms. The molecule has 1 saturated heterocycles. The van der Waals surface area contributed by atoms with Gasteiger partial charge in [0.1, 0.15) is 11.8 Å². The Hall–Kier alpha value is -2.76. The summed E-state index contributed by atoms with van der Waals surface area (Å²) in [4.78, 5) is 16.3. The minimum Gasteiger partial charge on any atom is -0.322 e. The summed E-state index contributed by atoms with van der Waals surface area (Å²) >= 11 is 0. The first-order chi connectivity index (χ1) is 13.3. The number of anilines is 1. The molecule has 8 heteroatoms. The quantitative estimate of drug-likeness (QED) is 0.853. The smallest absolute Gasteiger partial charge is 0.257 e. The van der Waals surface area contributed by atoms with Crippen molar-refractivity contribution in [2.24, 2.45) is 11.8 Å². The standard InChI is InChI=1S/C20H22N4O3S/c1-14-9-15(2)13-24(12-14)28(26,27)19-7-5-17(6-8-19)23-20(25)16-3-4-18(10-21)22-11-16/h3-8,11,14-15H,9,12-13H2,1-2H3,(H,23,25). The Bertz CT molecular complexity index is 985. The van der Waals surface area contributed by atoms with Gasteiger partial charge in [0, 0.05) is 25.0 Å². The van der Waals surface area contributed by atoms with Crippen LogP contribution in [0.1, 0.15) is 36.3 Å². The molecule has 1 fully saturated rings. The van der Waals surface area contributed by atoms with Crippen LogP contribution in [0.4, 0.5) is 5.69 Å². The zero-order valence-corrected chi connectivity index (χ0v) is 16.6. The van der Waals surface area contributed by atoms with E-state index in [2.05, 4.69) is 24.1 Å². The third-order valence-electron chi connectivity index (χ3n) is 4.73. The second kappa shape index (κ2) is 8.09. The van der Waals surface area contributed by atoms with Crippen molar-refractivity contribution in [2.45, 2.75) is 25.2 Å². The molecule has 1 aromatic carbocycles. The van der Waals surface area contributed by atoms with Gasteiger partial charge in [-0.1, -0.05) is 13.8 Å². The van der Waals surface area contributed by atoms with Crippen molar-refractivity contribution in [1.82, 2.24) is 9.29 Å². The number of nitrogens with one attached hydrogen (secondary N) is 1. The van der Waals surface area contributed by atoms with E-state index in [0.717, 1.165) is 6.42 Å². The van der Waals surface area contributed by atoms with Crippen molar-refractivity contribution >= 4 is 21.6 Å². The van der Waals surface area contributed by atoms with Crippen molar-refractivity contribution in [1.29, 1.82) is 5.26 Å². The first-order valence-electron chi connectivity index (χ1n) is 9.07. The van der Waals surface area contributed by atoms with Crippen LogP contribution in [0.2, 0.25) is 0 Å². The molecule has 1 amide bonds. The summed E-state index contributed by atoms with van der Waals surface area (Å²) in [6.07, 6.45) is 2.35. The Balaban J connectivity index is 1.72. The van der Waals surface area contributed by atoms with Gasteiger partial charge in [0.05, 0.1) is 10.5 Å². The highest BCUT2D eigenvalue weighted by molar-refractivity contribution is 7.89. The average Bonchev–Trinajstić information content (AvgIpc) is 2.67. The lowest BCUT2D eigenvalue weighted by Crippen LogP contribution is -2.42. The van der Waals surface area contributed by atoms with Crippen molar-refractivity contribution in [3.8, 4) is 6.07 Å². The summed E-state index contributed by atoms with van der Waals surface area (Å²) in [6, 6.07) is 11.0. The Morgan fingerprint density at radius 1 is 1.14 bits per heavy atom. The topological polar surface area (TPSA) is 103 Å². The Labute approximate surface area is 165 Å². The van der Waals surface area contributed by atoms with Gasteiger partial charge in [-0.2, -0.15) is 9.57 Å². The molecule has 0 bridgehead atoms. The SMILES string of the molecule is CC1CC(C)CN(S(=O)(=O)c2ccc(NC(=O)c3ccc(C#N)nc3)cc2)C1. The molecule has 2 atom stereocenters. The molecule has 0 radical (unpaired) electrons. The molecule has 0 spiro atoms.